The third-order valence-electron chi connectivity index (χ3n) is 7.45. The van der Waals surface area contributed by atoms with Crippen molar-refractivity contribution in [1.82, 2.24) is 15.2 Å². The molecule has 1 aliphatic heterocycles. The van der Waals surface area contributed by atoms with Crippen LogP contribution in [0.15, 0.2) is 73.1 Å². The second-order valence-corrected chi connectivity index (χ2v) is 10.3. The molecule has 2 amide bonds. The molecule has 2 heterocycles. The Bertz CT molecular complexity index is 1470. The van der Waals surface area contributed by atoms with Crippen molar-refractivity contribution < 1.29 is 33.7 Å². The Kier molecular flexibility index (Phi) is 9.01. The van der Waals surface area contributed by atoms with Gasteiger partial charge in [-0.25, -0.2) is 0 Å². The number of aromatic nitrogens is 1. The molecule has 1 aromatic heterocycles. The van der Waals surface area contributed by atoms with Crippen LogP contribution in [-0.4, -0.2) is 52.5 Å². The van der Waals surface area contributed by atoms with Gasteiger partial charge in [0.15, 0.2) is 17.3 Å². The third kappa shape index (κ3) is 6.71. The summed E-state index contributed by atoms with van der Waals surface area (Å²) in [5.74, 6) is -0.170. The van der Waals surface area contributed by atoms with Crippen LogP contribution in [0.4, 0.5) is 0 Å². The summed E-state index contributed by atoms with van der Waals surface area (Å²) in [6.45, 7) is 0.154. The first kappa shape index (κ1) is 28.7. The zero-order valence-electron chi connectivity index (χ0n) is 23.3. The maximum atomic E-state index is 13.9. The van der Waals surface area contributed by atoms with Crippen molar-refractivity contribution in [2.75, 3.05) is 13.9 Å². The van der Waals surface area contributed by atoms with E-state index in [4.69, 9.17) is 14.2 Å². The topological polar surface area (TPSA) is 127 Å². The van der Waals surface area contributed by atoms with Crippen LogP contribution in [0.1, 0.15) is 59.6 Å². The molecule has 1 saturated carbocycles. The fraction of sp³-hybridized carbons (Fsp3) is 0.312. The summed E-state index contributed by atoms with van der Waals surface area (Å²) in [5, 5.41) is 13.4. The normalized spacial score (nSPS) is 15.3. The van der Waals surface area contributed by atoms with Gasteiger partial charge in [0.05, 0.1) is 12.7 Å². The lowest BCUT2D eigenvalue weighted by atomic mass is 9.94. The highest BCUT2D eigenvalue weighted by Gasteiger charge is 2.33. The number of nitrogens with zero attached hydrogens (tertiary/aromatic N) is 2. The van der Waals surface area contributed by atoms with E-state index in [0.29, 0.717) is 28.4 Å². The Hall–Kier alpha value is -4.86. The summed E-state index contributed by atoms with van der Waals surface area (Å²) in [7, 11) is 1.45. The molecular weight excluding hydrogens is 538 g/mol. The molecule has 0 saturated heterocycles. The van der Waals surface area contributed by atoms with Gasteiger partial charge in [0.25, 0.3) is 0 Å². The minimum absolute atomic E-state index is 0.0166. The van der Waals surface area contributed by atoms with Crippen LogP contribution in [0.3, 0.4) is 0 Å². The lowest BCUT2D eigenvalue weighted by Gasteiger charge is -2.33. The number of phenolic OH excluding ortho intramolecular Hbond substituents is 1. The van der Waals surface area contributed by atoms with Gasteiger partial charge < -0.3 is 29.5 Å². The van der Waals surface area contributed by atoms with Crippen molar-refractivity contribution in [2.45, 2.75) is 50.7 Å². The number of amides is 2. The van der Waals surface area contributed by atoms with Crippen molar-refractivity contribution in [1.29, 1.82) is 0 Å². The SMILES string of the molecule is COc1ccc(C(=O)/C=C/C(=O)N(Cc2ccc3c(c2)OCO3)[C@@H](C(=O)NC2CCCCC2)c2ccncc2)c(O)c1. The minimum atomic E-state index is -0.998. The van der Waals surface area contributed by atoms with Crippen molar-refractivity contribution in [2.24, 2.45) is 0 Å². The number of ketones is 1. The summed E-state index contributed by atoms with van der Waals surface area (Å²) >= 11 is 0. The number of ether oxygens (including phenoxy) is 3. The van der Waals surface area contributed by atoms with Gasteiger partial charge in [-0.05, 0) is 66.4 Å². The van der Waals surface area contributed by atoms with Crippen LogP contribution in [0, 0.1) is 0 Å². The van der Waals surface area contributed by atoms with Gasteiger partial charge >= 0.3 is 0 Å². The summed E-state index contributed by atoms with van der Waals surface area (Å²) in [4.78, 5) is 46.2. The number of phenols is 1. The summed E-state index contributed by atoms with van der Waals surface area (Å²) < 4.78 is 16.0. The van der Waals surface area contributed by atoms with Gasteiger partial charge in [-0.2, -0.15) is 0 Å². The summed E-state index contributed by atoms with van der Waals surface area (Å²) in [6, 6.07) is 12.1. The fourth-order valence-corrected chi connectivity index (χ4v) is 5.26. The van der Waals surface area contributed by atoms with Crippen LogP contribution in [0.25, 0.3) is 0 Å². The number of carbonyl (C=O) groups excluding carboxylic acids is 3. The van der Waals surface area contributed by atoms with Gasteiger partial charge in [-0.3, -0.25) is 19.4 Å². The lowest BCUT2D eigenvalue weighted by Crippen LogP contribution is -2.46. The zero-order chi connectivity index (χ0) is 29.5. The molecule has 1 aliphatic carbocycles. The van der Waals surface area contributed by atoms with E-state index in [1.807, 2.05) is 0 Å². The van der Waals surface area contributed by atoms with Crippen molar-refractivity contribution in [3.63, 3.8) is 0 Å². The molecule has 5 rings (SSSR count). The highest BCUT2D eigenvalue weighted by Crippen LogP contribution is 2.34. The van der Waals surface area contributed by atoms with E-state index in [0.717, 1.165) is 44.3 Å². The fourth-order valence-electron chi connectivity index (χ4n) is 5.26. The number of fused-ring (bicyclic) bond motifs is 1. The van der Waals surface area contributed by atoms with E-state index in [2.05, 4.69) is 10.3 Å². The molecule has 0 unspecified atom stereocenters. The Balaban J connectivity index is 1.47. The average molecular weight is 572 g/mol. The van der Waals surface area contributed by atoms with Gasteiger partial charge in [-0.1, -0.05) is 25.3 Å². The van der Waals surface area contributed by atoms with E-state index in [1.165, 1.54) is 24.1 Å². The number of pyridine rings is 1. The second kappa shape index (κ2) is 13.2. The van der Waals surface area contributed by atoms with Crippen LogP contribution in [0.2, 0.25) is 0 Å². The van der Waals surface area contributed by atoms with Gasteiger partial charge in [-0.15, -0.1) is 0 Å². The van der Waals surface area contributed by atoms with E-state index in [-0.39, 0.29) is 36.6 Å². The molecule has 3 aromatic rings. The van der Waals surface area contributed by atoms with E-state index < -0.39 is 17.7 Å². The Morgan fingerprint density at radius 1 is 1.02 bits per heavy atom. The molecule has 1 fully saturated rings. The largest absolute Gasteiger partial charge is 0.507 e. The van der Waals surface area contributed by atoms with E-state index in [1.54, 1.807) is 48.8 Å². The Morgan fingerprint density at radius 3 is 2.52 bits per heavy atom. The molecule has 10 heteroatoms. The number of aromatic hydroxyl groups is 1. The minimum Gasteiger partial charge on any atom is -0.507 e. The highest BCUT2D eigenvalue weighted by molar-refractivity contribution is 6.09. The van der Waals surface area contributed by atoms with Crippen LogP contribution in [0.5, 0.6) is 23.0 Å². The molecule has 2 aliphatic rings. The average Bonchev–Trinajstić information content (AvgIpc) is 3.48. The summed E-state index contributed by atoms with van der Waals surface area (Å²) in [5.41, 5.74) is 1.31. The zero-order valence-corrected chi connectivity index (χ0v) is 23.3. The van der Waals surface area contributed by atoms with Crippen LogP contribution < -0.4 is 19.5 Å². The summed E-state index contributed by atoms with van der Waals surface area (Å²) in [6.07, 6.45) is 10.3. The molecule has 2 aromatic carbocycles. The third-order valence-corrected chi connectivity index (χ3v) is 7.45. The molecule has 0 spiro atoms. The predicted octanol–water partition coefficient (Wildman–Crippen LogP) is 4.48. The molecule has 0 radical (unpaired) electrons. The van der Waals surface area contributed by atoms with Crippen LogP contribution >= 0.6 is 0 Å². The van der Waals surface area contributed by atoms with Crippen molar-refractivity contribution >= 4 is 17.6 Å². The monoisotopic (exact) mass is 571 g/mol. The van der Waals surface area contributed by atoms with Gasteiger partial charge in [0.2, 0.25) is 18.6 Å². The number of rotatable bonds is 10. The first-order valence-electron chi connectivity index (χ1n) is 13.9. The molecule has 0 bridgehead atoms. The number of methoxy groups -OCH3 is 1. The number of allylic oxidation sites excluding steroid dienone is 1. The number of carbonyl (C=O) groups is 3. The van der Waals surface area contributed by atoms with Crippen LogP contribution in [-0.2, 0) is 16.1 Å². The molecular formula is C32H33N3O7. The Morgan fingerprint density at radius 2 is 1.79 bits per heavy atom. The quantitative estimate of drug-likeness (QED) is 0.269. The standard InChI is InChI=1S/C32H33N3O7/c1-40-24-8-9-25(27(37)18-24)26(36)10-12-30(38)35(19-21-7-11-28-29(17-21)42-20-41-28)31(22-13-15-33-16-14-22)32(39)34-23-5-3-2-4-6-23/h7-18,23,31,37H,2-6,19-20H2,1H3,(H,34,39)/b12-10+/t31-/m1/s1. The van der Waals surface area contributed by atoms with Crippen molar-refractivity contribution in [3.05, 3.63) is 89.8 Å². The smallest absolute Gasteiger partial charge is 0.247 e. The molecule has 42 heavy (non-hydrogen) atoms. The second-order valence-electron chi connectivity index (χ2n) is 10.3. The number of nitrogens with one attached hydrogen (secondary N) is 1. The predicted molar refractivity (Wildman–Crippen MR) is 153 cm³/mol. The first-order chi connectivity index (χ1) is 20.4. The molecule has 2 N–H and O–H groups in total. The maximum Gasteiger partial charge on any atom is 0.247 e. The van der Waals surface area contributed by atoms with E-state index in [9.17, 15) is 19.5 Å². The molecule has 1 atom stereocenters. The highest BCUT2D eigenvalue weighted by atomic mass is 16.7. The van der Waals surface area contributed by atoms with Gasteiger partial charge in [0.1, 0.15) is 17.5 Å². The molecule has 10 nitrogen and oxygen atoms in total. The number of hydrogen-bond donors (Lipinski definition) is 2. The number of benzene rings is 2. The maximum absolute atomic E-state index is 13.9. The molecule has 218 valence electrons. The van der Waals surface area contributed by atoms with Crippen molar-refractivity contribution in [3.8, 4) is 23.0 Å². The number of hydrogen-bond acceptors (Lipinski definition) is 8. The van der Waals surface area contributed by atoms with E-state index >= 15 is 0 Å². The first-order valence-corrected chi connectivity index (χ1v) is 13.9. The Labute approximate surface area is 243 Å². The van der Waals surface area contributed by atoms with Gasteiger partial charge in [0, 0.05) is 37.1 Å². The lowest BCUT2D eigenvalue weighted by molar-refractivity contribution is -0.138.